The predicted molar refractivity (Wildman–Crippen MR) is 73.7 cm³/mol. The molecule has 0 radical (unpaired) electrons. The van der Waals surface area contributed by atoms with Crippen molar-refractivity contribution in [1.82, 2.24) is 10.2 Å². The van der Waals surface area contributed by atoms with E-state index in [1.54, 1.807) is 0 Å². The molecular formula is C14H21N3O. The van der Waals surface area contributed by atoms with Crippen LogP contribution in [0.3, 0.4) is 0 Å². The molecule has 1 amide bonds. The Morgan fingerprint density at radius 2 is 2.17 bits per heavy atom. The van der Waals surface area contributed by atoms with E-state index < -0.39 is 0 Å². The number of para-hydroxylation sites is 1. The molecule has 98 valence electrons. The number of aryl methyl sites for hydroxylation is 1. The molecule has 0 saturated carbocycles. The highest BCUT2D eigenvalue weighted by molar-refractivity contribution is 5.96. The zero-order valence-corrected chi connectivity index (χ0v) is 11.1. The van der Waals surface area contributed by atoms with Crippen molar-refractivity contribution < 1.29 is 4.79 Å². The van der Waals surface area contributed by atoms with Crippen molar-refractivity contribution in [3.63, 3.8) is 0 Å². The minimum absolute atomic E-state index is 0.0821. The van der Waals surface area contributed by atoms with Crippen LogP contribution in [0.15, 0.2) is 24.3 Å². The van der Waals surface area contributed by atoms with E-state index in [0.717, 1.165) is 31.6 Å². The number of fused-ring (bicyclic) bond motifs is 1. The van der Waals surface area contributed by atoms with Crippen LogP contribution in [-0.4, -0.2) is 44.0 Å². The molecule has 1 aliphatic heterocycles. The third-order valence-electron chi connectivity index (χ3n) is 3.24. The minimum Gasteiger partial charge on any atom is -0.324 e. The van der Waals surface area contributed by atoms with Gasteiger partial charge in [0.05, 0.1) is 6.04 Å². The Kier molecular flexibility index (Phi) is 4.33. The van der Waals surface area contributed by atoms with Gasteiger partial charge in [0.25, 0.3) is 0 Å². The van der Waals surface area contributed by atoms with Crippen LogP contribution < -0.4 is 10.6 Å². The summed E-state index contributed by atoms with van der Waals surface area (Å²) in [7, 11) is 4.06. The number of rotatable bonds is 4. The Balaban J connectivity index is 1.95. The molecule has 2 rings (SSSR count). The van der Waals surface area contributed by atoms with Crippen LogP contribution in [-0.2, 0) is 11.2 Å². The van der Waals surface area contributed by atoms with Gasteiger partial charge in [0.1, 0.15) is 0 Å². The highest BCUT2D eigenvalue weighted by Gasteiger charge is 2.22. The van der Waals surface area contributed by atoms with Crippen molar-refractivity contribution in [2.45, 2.75) is 18.9 Å². The molecule has 4 nitrogen and oxygen atoms in total. The molecule has 1 heterocycles. The fourth-order valence-corrected chi connectivity index (χ4v) is 2.17. The van der Waals surface area contributed by atoms with E-state index in [1.165, 1.54) is 5.56 Å². The third-order valence-corrected chi connectivity index (χ3v) is 3.24. The van der Waals surface area contributed by atoms with Gasteiger partial charge >= 0.3 is 0 Å². The fraction of sp³-hybridized carbons (Fsp3) is 0.500. The van der Waals surface area contributed by atoms with Crippen molar-refractivity contribution in [3.05, 3.63) is 29.8 Å². The molecule has 1 atom stereocenters. The second kappa shape index (κ2) is 5.98. The van der Waals surface area contributed by atoms with E-state index in [1.807, 2.05) is 32.3 Å². The Bertz CT molecular complexity index is 417. The minimum atomic E-state index is -0.0858. The maximum atomic E-state index is 12.1. The molecule has 0 aromatic heterocycles. The average molecular weight is 247 g/mol. The van der Waals surface area contributed by atoms with E-state index in [-0.39, 0.29) is 11.9 Å². The first-order valence-corrected chi connectivity index (χ1v) is 6.43. The van der Waals surface area contributed by atoms with Gasteiger partial charge in [-0.05, 0) is 38.6 Å². The van der Waals surface area contributed by atoms with Crippen LogP contribution >= 0.6 is 0 Å². The SMILES string of the molecule is CN(C)CCNC1CCc2ccccc2NC1=O. The Morgan fingerprint density at radius 1 is 1.39 bits per heavy atom. The smallest absolute Gasteiger partial charge is 0.241 e. The molecule has 1 aromatic carbocycles. The highest BCUT2D eigenvalue weighted by atomic mass is 16.2. The molecule has 0 aliphatic carbocycles. The van der Waals surface area contributed by atoms with Crippen LogP contribution in [0.5, 0.6) is 0 Å². The number of amides is 1. The first kappa shape index (κ1) is 13.1. The summed E-state index contributed by atoms with van der Waals surface area (Å²) >= 11 is 0. The van der Waals surface area contributed by atoms with Crippen LogP contribution in [0.2, 0.25) is 0 Å². The van der Waals surface area contributed by atoms with Gasteiger partial charge in [-0.15, -0.1) is 0 Å². The van der Waals surface area contributed by atoms with Crippen molar-refractivity contribution in [2.75, 3.05) is 32.5 Å². The molecule has 0 spiro atoms. The van der Waals surface area contributed by atoms with Crippen LogP contribution in [0.4, 0.5) is 5.69 Å². The topological polar surface area (TPSA) is 44.4 Å². The van der Waals surface area contributed by atoms with Crippen LogP contribution in [0.1, 0.15) is 12.0 Å². The van der Waals surface area contributed by atoms with E-state index in [9.17, 15) is 4.79 Å². The number of benzene rings is 1. The summed E-state index contributed by atoms with van der Waals surface area (Å²) in [6, 6.07) is 7.94. The average Bonchev–Trinajstić information content (AvgIpc) is 2.49. The van der Waals surface area contributed by atoms with Crippen molar-refractivity contribution >= 4 is 11.6 Å². The number of hydrogen-bond acceptors (Lipinski definition) is 3. The largest absolute Gasteiger partial charge is 0.324 e. The molecule has 1 aromatic rings. The molecule has 0 fully saturated rings. The number of nitrogens with zero attached hydrogens (tertiary/aromatic N) is 1. The second-order valence-electron chi connectivity index (χ2n) is 5.00. The Labute approximate surface area is 108 Å². The van der Waals surface area contributed by atoms with E-state index in [2.05, 4.69) is 21.6 Å². The van der Waals surface area contributed by atoms with E-state index in [0.29, 0.717) is 0 Å². The lowest BCUT2D eigenvalue weighted by molar-refractivity contribution is -0.118. The van der Waals surface area contributed by atoms with Gasteiger partial charge in [0.2, 0.25) is 5.91 Å². The summed E-state index contributed by atoms with van der Waals surface area (Å²) in [4.78, 5) is 14.2. The predicted octanol–water partition coefficient (Wildman–Crippen LogP) is 1.09. The lowest BCUT2D eigenvalue weighted by Gasteiger charge is -2.17. The van der Waals surface area contributed by atoms with Gasteiger partial charge in [-0.25, -0.2) is 0 Å². The fourth-order valence-electron chi connectivity index (χ4n) is 2.17. The number of hydrogen-bond donors (Lipinski definition) is 2. The lowest BCUT2D eigenvalue weighted by Crippen LogP contribution is -2.42. The second-order valence-corrected chi connectivity index (χ2v) is 5.00. The summed E-state index contributed by atoms with van der Waals surface area (Å²) in [6.07, 6.45) is 1.80. The van der Waals surface area contributed by atoms with Crippen LogP contribution in [0, 0.1) is 0 Å². The van der Waals surface area contributed by atoms with E-state index >= 15 is 0 Å². The van der Waals surface area contributed by atoms with Gasteiger partial charge in [-0.1, -0.05) is 18.2 Å². The Morgan fingerprint density at radius 3 is 2.94 bits per heavy atom. The van der Waals surface area contributed by atoms with Gasteiger partial charge in [-0.3, -0.25) is 4.79 Å². The summed E-state index contributed by atoms with van der Waals surface area (Å²) in [5, 5.41) is 6.32. The van der Waals surface area contributed by atoms with E-state index in [4.69, 9.17) is 0 Å². The molecule has 0 saturated heterocycles. The molecule has 0 bridgehead atoms. The van der Waals surface area contributed by atoms with Crippen molar-refractivity contribution in [1.29, 1.82) is 0 Å². The molecule has 2 N–H and O–H groups in total. The number of nitrogens with one attached hydrogen (secondary N) is 2. The highest BCUT2D eigenvalue weighted by Crippen LogP contribution is 2.21. The Hall–Kier alpha value is -1.39. The standard InChI is InChI=1S/C14H21N3O/c1-17(2)10-9-15-13-8-7-11-5-3-4-6-12(11)16-14(13)18/h3-6,13,15H,7-10H2,1-2H3,(H,16,18). The van der Waals surface area contributed by atoms with Gasteiger partial charge in [0.15, 0.2) is 0 Å². The third kappa shape index (κ3) is 3.31. The summed E-state index contributed by atoms with van der Waals surface area (Å²) in [5.41, 5.74) is 2.18. The molecular weight excluding hydrogens is 226 g/mol. The number of anilines is 1. The summed E-state index contributed by atoms with van der Waals surface area (Å²) in [5.74, 6) is 0.0821. The summed E-state index contributed by atoms with van der Waals surface area (Å²) < 4.78 is 0. The maximum Gasteiger partial charge on any atom is 0.241 e. The maximum absolute atomic E-state index is 12.1. The number of carbonyl (C=O) groups excluding carboxylic acids is 1. The normalized spacial score (nSPS) is 19.3. The number of likely N-dealkylation sites (N-methyl/N-ethyl adjacent to an activating group) is 1. The van der Waals surface area contributed by atoms with Gasteiger partial charge in [-0.2, -0.15) is 0 Å². The number of carbonyl (C=O) groups is 1. The molecule has 1 aliphatic rings. The zero-order valence-electron chi connectivity index (χ0n) is 11.1. The molecule has 4 heteroatoms. The quantitative estimate of drug-likeness (QED) is 0.837. The van der Waals surface area contributed by atoms with Gasteiger partial charge in [0, 0.05) is 18.8 Å². The zero-order chi connectivity index (χ0) is 13.0. The van der Waals surface area contributed by atoms with Crippen molar-refractivity contribution in [2.24, 2.45) is 0 Å². The lowest BCUT2D eigenvalue weighted by atomic mass is 10.1. The van der Waals surface area contributed by atoms with Gasteiger partial charge < -0.3 is 15.5 Å². The summed E-state index contributed by atoms with van der Waals surface area (Å²) in [6.45, 7) is 1.78. The monoisotopic (exact) mass is 247 g/mol. The first-order valence-electron chi connectivity index (χ1n) is 6.43. The first-order chi connectivity index (χ1) is 8.66. The molecule has 1 unspecified atom stereocenters. The van der Waals surface area contributed by atoms with Crippen molar-refractivity contribution in [3.8, 4) is 0 Å². The molecule has 18 heavy (non-hydrogen) atoms. The van der Waals surface area contributed by atoms with Crippen LogP contribution in [0.25, 0.3) is 0 Å².